The topological polar surface area (TPSA) is 42.2 Å². The van der Waals surface area contributed by atoms with Crippen LogP contribution in [0.25, 0.3) is 5.57 Å². The summed E-state index contributed by atoms with van der Waals surface area (Å²) in [6, 6.07) is 7.90. The molecule has 2 aliphatic carbocycles. The zero-order chi connectivity index (χ0) is 21.6. The van der Waals surface area contributed by atoms with Gasteiger partial charge in [-0.25, -0.2) is 13.2 Å². The summed E-state index contributed by atoms with van der Waals surface area (Å²) >= 11 is 6.31. The van der Waals surface area contributed by atoms with Gasteiger partial charge in [-0.05, 0) is 52.8 Å². The third kappa shape index (κ3) is 3.31. The quantitative estimate of drug-likeness (QED) is 0.543. The third-order valence-corrected chi connectivity index (χ3v) is 6.06. The summed E-state index contributed by atoms with van der Waals surface area (Å²) < 4.78 is 53.9. The van der Waals surface area contributed by atoms with Crippen molar-refractivity contribution >= 4 is 17.2 Å². The van der Waals surface area contributed by atoms with Gasteiger partial charge >= 0.3 is 0 Å². The number of methoxy groups -OCH3 is 1. The Bertz CT molecular complexity index is 1090. The lowest BCUT2D eigenvalue weighted by atomic mass is 9.78. The maximum Gasteiger partial charge on any atom is 0.282 e. The van der Waals surface area contributed by atoms with Crippen molar-refractivity contribution in [2.24, 2.45) is 0 Å². The van der Waals surface area contributed by atoms with Crippen molar-refractivity contribution in [1.82, 2.24) is 0 Å². The molecule has 0 N–H and O–H groups in total. The fourth-order valence-electron chi connectivity index (χ4n) is 4.42. The van der Waals surface area contributed by atoms with Crippen LogP contribution in [0.1, 0.15) is 58.7 Å². The molecule has 0 radical (unpaired) electrons. The van der Waals surface area contributed by atoms with Gasteiger partial charge in [0.05, 0.1) is 11.6 Å². The number of nitriles is 1. The second-order valence-electron chi connectivity index (χ2n) is 7.66. The molecular weight excluding hydrogens is 415 g/mol. The summed E-state index contributed by atoms with van der Waals surface area (Å²) in [7, 11) is 1.36. The van der Waals surface area contributed by atoms with Gasteiger partial charge in [0.2, 0.25) is 0 Å². The number of alkyl halides is 2. The molecule has 0 aromatic heterocycles. The molecule has 0 fully saturated rings. The second-order valence-corrected chi connectivity index (χ2v) is 8.07. The van der Waals surface area contributed by atoms with Crippen molar-refractivity contribution in [1.29, 1.82) is 5.26 Å². The number of fused-ring (bicyclic) bond motifs is 2. The van der Waals surface area contributed by atoms with Crippen molar-refractivity contribution in [3.8, 4) is 6.07 Å². The van der Waals surface area contributed by atoms with Crippen LogP contribution < -0.4 is 0 Å². The normalized spacial score (nSPS) is 21.6. The first-order valence-corrected chi connectivity index (χ1v) is 9.90. The van der Waals surface area contributed by atoms with Gasteiger partial charge < -0.3 is 9.47 Å². The van der Waals surface area contributed by atoms with Crippen molar-refractivity contribution in [2.45, 2.75) is 37.7 Å². The molecule has 0 spiro atoms. The SMILES string of the molecule is COCO[C@H]1c2c(Cl)ccc(C3=CC[C@@H](C)c4cc(F)cc(C#N)c43)c2CC1(F)F. The third-order valence-electron chi connectivity index (χ3n) is 5.73. The molecule has 0 saturated heterocycles. The summed E-state index contributed by atoms with van der Waals surface area (Å²) in [5.41, 5.74) is 3.30. The minimum Gasteiger partial charge on any atom is -0.359 e. The zero-order valence-corrected chi connectivity index (χ0v) is 17.2. The minimum absolute atomic E-state index is 0.00567. The number of nitrogens with zero attached hydrogens (tertiary/aromatic N) is 1. The zero-order valence-electron chi connectivity index (χ0n) is 16.4. The fourth-order valence-corrected chi connectivity index (χ4v) is 4.69. The molecule has 0 saturated carbocycles. The van der Waals surface area contributed by atoms with Gasteiger partial charge in [0.1, 0.15) is 12.6 Å². The lowest BCUT2D eigenvalue weighted by molar-refractivity contribution is -0.169. The van der Waals surface area contributed by atoms with E-state index in [1.807, 2.05) is 13.0 Å². The second kappa shape index (κ2) is 7.73. The highest BCUT2D eigenvalue weighted by molar-refractivity contribution is 6.31. The van der Waals surface area contributed by atoms with E-state index in [2.05, 4.69) is 6.07 Å². The number of hydrogen-bond donors (Lipinski definition) is 0. The van der Waals surface area contributed by atoms with Gasteiger partial charge in [-0.1, -0.05) is 30.7 Å². The average molecular weight is 434 g/mol. The molecule has 2 atom stereocenters. The summed E-state index contributed by atoms with van der Waals surface area (Å²) in [4.78, 5) is 0. The molecule has 2 aromatic rings. The number of ether oxygens (including phenoxy) is 2. The number of benzene rings is 2. The van der Waals surface area contributed by atoms with E-state index in [1.165, 1.54) is 19.2 Å². The van der Waals surface area contributed by atoms with Gasteiger partial charge in [0.15, 0.2) is 6.10 Å². The fraction of sp³-hybridized carbons (Fsp3) is 0.348. The molecule has 0 aliphatic heterocycles. The Kier molecular flexibility index (Phi) is 5.39. The van der Waals surface area contributed by atoms with Crippen LogP contribution in [0, 0.1) is 17.1 Å². The Labute approximate surface area is 177 Å². The molecular formula is C23H19ClF3NO2. The van der Waals surface area contributed by atoms with E-state index in [0.717, 1.165) is 0 Å². The maximum absolute atomic E-state index is 14.8. The summed E-state index contributed by atoms with van der Waals surface area (Å²) in [5.74, 6) is -3.64. The van der Waals surface area contributed by atoms with E-state index in [1.54, 1.807) is 12.1 Å². The number of allylic oxidation sites excluding steroid dienone is 1. The molecule has 7 heteroatoms. The molecule has 2 aromatic carbocycles. The highest BCUT2D eigenvalue weighted by Crippen LogP contribution is 2.52. The van der Waals surface area contributed by atoms with Crippen LogP contribution in [-0.4, -0.2) is 19.8 Å². The van der Waals surface area contributed by atoms with Gasteiger partial charge in [-0.15, -0.1) is 0 Å². The van der Waals surface area contributed by atoms with Crippen LogP contribution >= 0.6 is 11.6 Å². The van der Waals surface area contributed by atoms with E-state index in [-0.39, 0.29) is 28.9 Å². The van der Waals surface area contributed by atoms with E-state index in [4.69, 9.17) is 21.1 Å². The molecule has 156 valence electrons. The first-order valence-electron chi connectivity index (χ1n) is 9.52. The van der Waals surface area contributed by atoms with Gasteiger partial charge in [0, 0.05) is 29.7 Å². The molecule has 0 amide bonds. The average Bonchev–Trinajstić information content (AvgIpc) is 2.98. The maximum atomic E-state index is 14.8. The molecule has 30 heavy (non-hydrogen) atoms. The van der Waals surface area contributed by atoms with E-state index < -0.39 is 24.3 Å². The molecule has 0 unspecified atom stereocenters. The first kappa shape index (κ1) is 20.9. The van der Waals surface area contributed by atoms with Crippen molar-refractivity contribution in [3.63, 3.8) is 0 Å². The van der Waals surface area contributed by atoms with Crippen LogP contribution in [-0.2, 0) is 15.9 Å². The monoisotopic (exact) mass is 433 g/mol. The molecule has 4 rings (SSSR count). The Balaban J connectivity index is 1.92. The number of halogens is 4. The molecule has 0 heterocycles. The largest absolute Gasteiger partial charge is 0.359 e. The lowest BCUT2D eigenvalue weighted by Gasteiger charge is -2.26. The lowest BCUT2D eigenvalue weighted by Crippen LogP contribution is -2.25. The highest BCUT2D eigenvalue weighted by atomic mass is 35.5. The standard InChI is InChI=1S/C23H19ClF3NO2/c1-12-3-4-16(20-13(10-28)7-14(25)8-17(12)20)15-5-6-19(24)21-18(15)9-23(26,27)22(21)30-11-29-2/h4-8,12,22H,3,9,11H2,1-2H3/t12-,22+/m1/s1. The van der Waals surface area contributed by atoms with Crippen LogP contribution in [0.3, 0.4) is 0 Å². The molecule has 2 aliphatic rings. The van der Waals surface area contributed by atoms with E-state index in [9.17, 15) is 18.4 Å². The van der Waals surface area contributed by atoms with E-state index >= 15 is 0 Å². The summed E-state index contributed by atoms with van der Waals surface area (Å²) in [6.45, 7) is 1.66. The summed E-state index contributed by atoms with van der Waals surface area (Å²) in [5, 5.41) is 9.80. The molecule has 3 nitrogen and oxygen atoms in total. The predicted octanol–water partition coefficient (Wildman–Crippen LogP) is 6.14. The van der Waals surface area contributed by atoms with Crippen molar-refractivity contribution < 1.29 is 22.6 Å². The summed E-state index contributed by atoms with van der Waals surface area (Å²) in [6.07, 6.45) is 0.467. The Morgan fingerprint density at radius 1 is 1.30 bits per heavy atom. The van der Waals surface area contributed by atoms with Gasteiger partial charge in [-0.2, -0.15) is 5.26 Å². The van der Waals surface area contributed by atoms with Gasteiger partial charge in [-0.3, -0.25) is 0 Å². The Hall–Kier alpha value is -2.33. The van der Waals surface area contributed by atoms with Crippen LogP contribution in [0.4, 0.5) is 13.2 Å². The van der Waals surface area contributed by atoms with Crippen LogP contribution in [0.15, 0.2) is 30.3 Å². The molecule has 0 bridgehead atoms. The van der Waals surface area contributed by atoms with Crippen LogP contribution in [0.5, 0.6) is 0 Å². The Morgan fingerprint density at radius 2 is 2.07 bits per heavy atom. The number of rotatable bonds is 4. The predicted molar refractivity (Wildman–Crippen MR) is 107 cm³/mol. The first-order chi connectivity index (χ1) is 14.3. The van der Waals surface area contributed by atoms with Gasteiger partial charge in [0.25, 0.3) is 5.92 Å². The van der Waals surface area contributed by atoms with Crippen molar-refractivity contribution in [2.75, 3.05) is 13.9 Å². The van der Waals surface area contributed by atoms with E-state index in [0.29, 0.717) is 34.2 Å². The minimum atomic E-state index is -3.16. The Morgan fingerprint density at radius 3 is 2.77 bits per heavy atom. The number of hydrogen-bond acceptors (Lipinski definition) is 3. The van der Waals surface area contributed by atoms with Crippen molar-refractivity contribution in [3.05, 3.63) is 74.6 Å². The smallest absolute Gasteiger partial charge is 0.282 e. The highest BCUT2D eigenvalue weighted by Gasteiger charge is 2.51. The van der Waals surface area contributed by atoms with Crippen LogP contribution in [0.2, 0.25) is 5.02 Å².